The number of anilines is 1. The van der Waals surface area contributed by atoms with Gasteiger partial charge in [-0.3, -0.25) is 9.59 Å². The molecule has 30 heavy (non-hydrogen) atoms. The summed E-state index contributed by atoms with van der Waals surface area (Å²) in [5, 5.41) is 2.79. The zero-order valence-corrected chi connectivity index (χ0v) is 19.4. The standard InChI is InChI=1S/C20H23IN4O4S/c1-14(26)24-10-11-25(30(28,29)18-8-4-16(21)5-9-18)19(13-24)20(27)23-12-15-2-6-17(22)7-3-15/h2-9,19H,10-13,22H2,1H3,(H,23,27). The summed E-state index contributed by atoms with van der Waals surface area (Å²) in [6.45, 7) is 1.93. The predicted molar refractivity (Wildman–Crippen MR) is 122 cm³/mol. The summed E-state index contributed by atoms with van der Waals surface area (Å²) in [4.78, 5) is 26.4. The van der Waals surface area contributed by atoms with E-state index in [0.717, 1.165) is 9.13 Å². The van der Waals surface area contributed by atoms with Crippen LogP contribution in [0.5, 0.6) is 0 Å². The summed E-state index contributed by atoms with van der Waals surface area (Å²) in [6.07, 6.45) is 0. The molecule has 2 aromatic carbocycles. The largest absolute Gasteiger partial charge is 0.399 e. The Balaban J connectivity index is 1.83. The number of rotatable bonds is 5. The lowest BCUT2D eigenvalue weighted by molar-refractivity contribution is -0.134. The maximum atomic E-state index is 13.2. The number of nitrogens with zero attached hydrogens (tertiary/aromatic N) is 2. The molecule has 1 unspecified atom stereocenters. The summed E-state index contributed by atoms with van der Waals surface area (Å²) >= 11 is 2.10. The van der Waals surface area contributed by atoms with Gasteiger partial charge in [0.05, 0.1) is 4.90 Å². The summed E-state index contributed by atoms with van der Waals surface area (Å²) in [5.41, 5.74) is 7.13. The number of hydrogen-bond donors (Lipinski definition) is 2. The number of halogens is 1. The van der Waals surface area contributed by atoms with Gasteiger partial charge in [0, 0.05) is 42.4 Å². The number of nitrogens with one attached hydrogen (secondary N) is 1. The Labute approximate surface area is 189 Å². The van der Waals surface area contributed by atoms with Gasteiger partial charge >= 0.3 is 0 Å². The van der Waals surface area contributed by atoms with Crippen LogP contribution in [0, 0.1) is 3.57 Å². The van der Waals surface area contributed by atoms with Crippen molar-refractivity contribution in [3.63, 3.8) is 0 Å². The molecule has 1 aliphatic rings. The van der Waals surface area contributed by atoms with Gasteiger partial charge in [-0.25, -0.2) is 8.42 Å². The van der Waals surface area contributed by atoms with E-state index in [0.29, 0.717) is 5.69 Å². The number of piperazine rings is 1. The minimum atomic E-state index is -3.90. The summed E-state index contributed by atoms with van der Waals surface area (Å²) in [7, 11) is -3.90. The van der Waals surface area contributed by atoms with Gasteiger partial charge in [0.15, 0.2) is 0 Å². The molecule has 10 heteroatoms. The molecule has 160 valence electrons. The Morgan fingerprint density at radius 1 is 1.10 bits per heavy atom. The molecule has 3 N–H and O–H groups in total. The van der Waals surface area contributed by atoms with Gasteiger partial charge in [0.25, 0.3) is 0 Å². The highest BCUT2D eigenvalue weighted by Gasteiger charge is 2.40. The molecule has 0 radical (unpaired) electrons. The maximum absolute atomic E-state index is 13.2. The van der Waals surface area contributed by atoms with Crippen molar-refractivity contribution < 1.29 is 18.0 Å². The van der Waals surface area contributed by atoms with Crippen LogP contribution >= 0.6 is 22.6 Å². The van der Waals surface area contributed by atoms with Crippen molar-refractivity contribution in [2.24, 2.45) is 0 Å². The van der Waals surface area contributed by atoms with Crippen LogP contribution in [0.3, 0.4) is 0 Å². The fourth-order valence-electron chi connectivity index (χ4n) is 3.24. The zero-order valence-electron chi connectivity index (χ0n) is 16.4. The number of sulfonamides is 1. The van der Waals surface area contributed by atoms with Crippen molar-refractivity contribution in [3.8, 4) is 0 Å². The quantitative estimate of drug-likeness (QED) is 0.439. The lowest BCUT2D eigenvalue weighted by atomic mass is 10.1. The van der Waals surface area contributed by atoms with Crippen molar-refractivity contribution >= 4 is 50.1 Å². The SMILES string of the molecule is CC(=O)N1CCN(S(=O)(=O)c2ccc(I)cc2)C(C(=O)NCc2ccc(N)cc2)C1. The number of hydrogen-bond acceptors (Lipinski definition) is 5. The van der Waals surface area contributed by atoms with Crippen LogP contribution in [-0.4, -0.2) is 55.1 Å². The molecule has 3 rings (SSSR count). The fraction of sp³-hybridized carbons (Fsp3) is 0.300. The van der Waals surface area contributed by atoms with Crippen LogP contribution in [0.4, 0.5) is 5.69 Å². The Morgan fingerprint density at radius 2 is 1.73 bits per heavy atom. The highest BCUT2D eigenvalue weighted by molar-refractivity contribution is 14.1. The van der Waals surface area contributed by atoms with Gasteiger partial charge < -0.3 is 16.0 Å². The van der Waals surface area contributed by atoms with E-state index in [-0.39, 0.29) is 37.0 Å². The van der Waals surface area contributed by atoms with E-state index in [4.69, 9.17) is 5.73 Å². The van der Waals surface area contributed by atoms with Crippen molar-refractivity contribution in [2.45, 2.75) is 24.4 Å². The predicted octanol–water partition coefficient (Wildman–Crippen LogP) is 1.41. The van der Waals surface area contributed by atoms with Gasteiger partial charge in [-0.2, -0.15) is 4.31 Å². The molecule has 2 amide bonds. The minimum absolute atomic E-state index is 0.00645. The molecule has 1 saturated heterocycles. The van der Waals surface area contributed by atoms with Crippen molar-refractivity contribution in [1.29, 1.82) is 0 Å². The number of nitrogens with two attached hydrogens (primary N) is 1. The van der Waals surface area contributed by atoms with E-state index in [1.54, 1.807) is 36.4 Å². The molecule has 0 aromatic heterocycles. The van der Waals surface area contributed by atoms with Crippen LogP contribution in [0.25, 0.3) is 0 Å². The third-order valence-corrected chi connectivity index (χ3v) is 7.59. The van der Waals surface area contributed by atoms with Gasteiger partial charge in [-0.1, -0.05) is 12.1 Å². The maximum Gasteiger partial charge on any atom is 0.243 e. The van der Waals surface area contributed by atoms with E-state index < -0.39 is 22.0 Å². The van der Waals surface area contributed by atoms with Gasteiger partial charge in [-0.15, -0.1) is 0 Å². The van der Waals surface area contributed by atoms with Crippen LogP contribution in [0.1, 0.15) is 12.5 Å². The number of benzene rings is 2. The van der Waals surface area contributed by atoms with Crippen molar-refractivity contribution in [3.05, 3.63) is 57.7 Å². The molecule has 1 heterocycles. The zero-order chi connectivity index (χ0) is 21.9. The first-order chi connectivity index (χ1) is 14.2. The Bertz CT molecular complexity index is 1030. The number of carbonyl (C=O) groups is 2. The molecular formula is C20H23IN4O4S. The topological polar surface area (TPSA) is 113 Å². The summed E-state index contributed by atoms with van der Waals surface area (Å²) in [6, 6.07) is 12.5. The lowest BCUT2D eigenvalue weighted by Crippen LogP contribution is -2.61. The van der Waals surface area contributed by atoms with Crippen LogP contribution in [-0.2, 0) is 26.2 Å². The third-order valence-electron chi connectivity index (χ3n) is 4.95. The summed E-state index contributed by atoms with van der Waals surface area (Å²) < 4.78 is 28.6. The molecule has 2 aromatic rings. The molecule has 0 bridgehead atoms. The monoisotopic (exact) mass is 542 g/mol. The van der Waals surface area contributed by atoms with Gasteiger partial charge in [0.1, 0.15) is 6.04 Å². The van der Waals surface area contributed by atoms with Crippen LogP contribution in [0.15, 0.2) is 53.4 Å². The van der Waals surface area contributed by atoms with E-state index in [2.05, 4.69) is 27.9 Å². The Hall–Kier alpha value is -2.18. The third kappa shape index (κ3) is 5.10. The van der Waals surface area contributed by atoms with Gasteiger partial charge in [-0.05, 0) is 64.6 Å². The first-order valence-electron chi connectivity index (χ1n) is 9.33. The summed E-state index contributed by atoms with van der Waals surface area (Å²) in [5.74, 6) is -0.649. The number of carbonyl (C=O) groups excluding carboxylic acids is 2. The van der Waals surface area contributed by atoms with Gasteiger partial charge in [0.2, 0.25) is 21.8 Å². The Morgan fingerprint density at radius 3 is 2.33 bits per heavy atom. The average Bonchev–Trinajstić information content (AvgIpc) is 2.73. The normalized spacial score (nSPS) is 17.5. The highest BCUT2D eigenvalue weighted by atomic mass is 127. The molecule has 0 aliphatic carbocycles. The molecule has 0 saturated carbocycles. The fourth-order valence-corrected chi connectivity index (χ4v) is 5.17. The van der Waals surface area contributed by atoms with Crippen LogP contribution in [0.2, 0.25) is 0 Å². The van der Waals surface area contributed by atoms with Crippen molar-refractivity contribution in [1.82, 2.24) is 14.5 Å². The number of amides is 2. The van der Waals surface area contributed by atoms with E-state index in [1.165, 1.54) is 28.3 Å². The van der Waals surface area contributed by atoms with E-state index >= 15 is 0 Å². The highest BCUT2D eigenvalue weighted by Crippen LogP contribution is 2.23. The first kappa shape index (κ1) is 22.5. The minimum Gasteiger partial charge on any atom is -0.399 e. The molecule has 0 spiro atoms. The molecule has 1 atom stereocenters. The second-order valence-corrected chi connectivity index (χ2v) is 10.1. The molecular weight excluding hydrogens is 519 g/mol. The second kappa shape index (κ2) is 9.31. The van der Waals surface area contributed by atoms with E-state index in [9.17, 15) is 18.0 Å². The molecule has 1 aliphatic heterocycles. The number of nitrogen functional groups attached to an aromatic ring is 1. The average molecular weight is 542 g/mol. The second-order valence-electron chi connectivity index (χ2n) is 7.01. The van der Waals surface area contributed by atoms with Crippen molar-refractivity contribution in [2.75, 3.05) is 25.4 Å². The Kier molecular flexibility index (Phi) is 6.98. The van der Waals surface area contributed by atoms with Crippen LogP contribution < -0.4 is 11.1 Å². The first-order valence-corrected chi connectivity index (χ1v) is 11.9. The molecule has 8 nitrogen and oxygen atoms in total. The smallest absolute Gasteiger partial charge is 0.243 e. The lowest BCUT2D eigenvalue weighted by Gasteiger charge is -2.39. The van der Waals surface area contributed by atoms with E-state index in [1.807, 2.05) is 0 Å². The molecule has 1 fully saturated rings.